The van der Waals surface area contributed by atoms with E-state index in [2.05, 4.69) is 35.5 Å². The van der Waals surface area contributed by atoms with Gasteiger partial charge in [0.15, 0.2) is 5.82 Å². The number of anilines is 2. The van der Waals surface area contributed by atoms with Crippen molar-refractivity contribution in [3.05, 3.63) is 66.3 Å². The maximum atomic E-state index is 13.7. The van der Waals surface area contributed by atoms with Crippen molar-refractivity contribution in [1.82, 2.24) is 30.1 Å². The van der Waals surface area contributed by atoms with E-state index >= 15 is 0 Å². The first-order valence-electron chi connectivity index (χ1n) is 9.22. The van der Waals surface area contributed by atoms with Crippen LogP contribution < -0.4 is 11.1 Å². The van der Waals surface area contributed by atoms with Crippen LogP contribution in [0, 0.1) is 5.82 Å². The fraction of sp³-hybridized carbons (Fsp3) is 0.250. The molecule has 3 aromatic heterocycles. The van der Waals surface area contributed by atoms with E-state index in [1.54, 1.807) is 12.4 Å². The highest BCUT2D eigenvalue weighted by molar-refractivity contribution is 5.56. The van der Waals surface area contributed by atoms with Crippen molar-refractivity contribution >= 4 is 11.6 Å². The smallest absolute Gasteiger partial charge is 0.164 e. The molecule has 29 heavy (non-hydrogen) atoms. The summed E-state index contributed by atoms with van der Waals surface area (Å²) in [5.41, 5.74) is 8.23. The summed E-state index contributed by atoms with van der Waals surface area (Å²) in [6.07, 6.45) is 8.08. The SMILES string of the molecule is CC(C)c1c[nH]ncnc(-c2cncc(F)c2)nc1NCCc1cccnc1N. The molecule has 0 saturated carbocycles. The highest BCUT2D eigenvalue weighted by Gasteiger charge is 2.10. The molecule has 0 amide bonds. The van der Waals surface area contributed by atoms with Crippen molar-refractivity contribution < 1.29 is 4.39 Å². The minimum atomic E-state index is -0.462. The van der Waals surface area contributed by atoms with E-state index in [4.69, 9.17) is 5.73 Å². The van der Waals surface area contributed by atoms with Gasteiger partial charge in [0.05, 0.1) is 6.20 Å². The van der Waals surface area contributed by atoms with E-state index in [0.29, 0.717) is 36.0 Å². The summed E-state index contributed by atoms with van der Waals surface area (Å²) < 4.78 is 13.7. The first-order chi connectivity index (χ1) is 14.0. The van der Waals surface area contributed by atoms with Crippen LogP contribution in [0.4, 0.5) is 16.0 Å². The molecule has 0 spiro atoms. The number of aromatic nitrogens is 6. The number of H-pyrrole nitrogens is 1. The first kappa shape index (κ1) is 20.1. The van der Waals surface area contributed by atoms with Gasteiger partial charge in [-0.15, -0.1) is 0 Å². The molecule has 9 heteroatoms. The van der Waals surface area contributed by atoms with E-state index in [1.165, 1.54) is 18.6 Å². The predicted octanol–water partition coefficient (Wildman–Crippen LogP) is 3.28. The van der Waals surface area contributed by atoms with Crippen LogP contribution >= 0.6 is 0 Å². The third kappa shape index (κ3) is 5.44. The number of hydrogen-bond acceptors (Lipinski definition) is 7. The fourth-order valence-corrected chi connectivity index (χ4v) is 2.72. The van der Waals surface area contributed by atoms with Gasteiger partial charge in [0.25, 0.3) is 0 Å². The van der Waals surface area contributed by atoms with Crippen LogP contribution in [0.5, 0.6) is 0 Å². The Balaban J connectivity index is 1.99. The molecule has 0 atom stereocenters. The Hall–Kier alpha value is -3.62. The van der Waals surface area contributed by atoms with Crippen LogP contribution in [0.3, 0.4) is 0 Å². The predicted molar refractivity (Wildman–Crippen MR) is 110 cm³/mol. The Morgan fingerprint density at radius 1 is 1.24 bits per heavy atom. The lowest BCUT2D eigenvalue weighted by Crippen LogP contribution is -2.10. The molecule has 0 unspecified atom stereocenters. The Kier molecular flexibility index (Phi) is 6.62. The van der Waals surface area contributed by atoms with Crippen LogP contribution in [0.2, 0.25) is 0 Å². The van der Waals surface area contributed by atoms with E-state index in [1.807, 2.05) is 26.0 Å². The zero-order chi connectivity index (χ0) is 20.6. The summed E-state index contributed by atoms with van der Waals surface area (Å²) in [6, 6.07) is 5.13. The lowest BCUT2D eigenvalue weighted by Gasteiger charge is -2.12. The Morgan fingerprint density at radius 2 is 2.10 bits per heavy atom. The molecule has 0 aliphatic rings. The molecule has 3 aromatic rings. The summed E-state index contributed by atoms with van der Waals surface area (Å²) in [5.74, 6) is 1.12. The lowest BCUT2D eigenvalue weighted by atomic mass is 10.1. The number of halogens is 1. The zero-order valence-corrected chi connectivity index (χ0v) is 16.3. The monoisotopic (exact) mass is 394 g/mol. The van der Waals surface area contributed by atoms with E-state index in [0.717, 1.165) is 17.3 Å². The third-order valence-corrected chi connectivity index (χ3v) is 4.22. The maximum absolute atomic E-state index is 13.7. The Morgan fingerprint density at radius 3 is 2.86 bits per heavy atom. The number of nitrogens with two attached hydrogens (primary N) is 1. The molecule has 3 rings (SSSR count). The molecule has 0 aromatic carbocycles. The van der Waals surface area contributed by atoms with Crippen molar-refractivity contribution in [3.63, 3.8) is 0 Å². The number of hydrogen-bond donors (Lipinski definition) is 3. The van der Waals surface area contributed by atoms with E-state index in [-0.39, 0.29) is 5.92 Å². The van der Waals surface area contributed by atoms with Crippen LogP contribution in [0.15, 0.2) is 49.3 Å². The van der Waals surface area contributed by atoms with E-state index < -0.39 is 5.82 Å². The van der Waals surface area contributed by atoms with Crippen molar-refractivity contribution in [3.8, 4) is 11.4 Å². The van der Waals surface area contributed by atoms with Crippen LogP contribution in [0.25, 0.3) is 11.4 Å². The third-order valence-electron chi connectivity index (χ3n) is 4.22. The van der Waals surface area contributed by atoms with Crippen LogP contribution in [0.1, 0.15) is 30.9 Å². The first-order valence-corrected chi connectivity index (χ1v) is 9.22. The molecule has 0 fully saturated rings. The lowest BCUT2D eigenvalue weighted by molar-refractivity contribution is 0.622. The van der Waals surface area contributed by atoms with Gasteiger partial charge >= 0.3 is 0 Å². The van der Waals surface area contributed by atoms with Gasteiger partial charge in [-0.05, 0) is 30.0 Å². The Bertz CT molecular complexity index is 1020. The molecule has 0 aliphatic heterocycles. The molecule has 150 valence electrons. The van der Waals surface area contributed by atoms with Gasteiger partial charge in [-0.1, -0.05) is 19.9 Å². The molecule has 0 bridgehead atoms. The second kappa shape index (κ2) is 9.54. The molecule has 8 nitrogen and oxygen atoms in total. The minimum Gasteiger partial charge on any atom is -0.383 e. The van der Waals surface area contributed by atoms with Crippen molar-refractivity contribution in [1.29, 1.82) is 0 Å². The quantitative estimate of drug-likeness (QED) is 0.587. The standard InChI is InChI=1S/C20H23FN8/c1-13(2)17-11-27-28-12-26-19(15-8-16(21)10-23-9-15)29-20(17)25-7-5-14-4-3-6-24-18(14)22/h3-4,6,8-13,27H,5,7H2,1-2H3,(H2,22,24)(H,25,26,28,29). The highest BCUT2D eigenvalue weighted by Crippen LogP contribution is 2.22. The number of nitrogen functional groups attached to an aromatic ring is 1. The van der Waals surface area contributed by atoms with Gasteiger partial charge in [0.2, 0.25) is 0 Å². The summed E-state index contributed by atoms with van der Waals surface area (Å²) >= 11 is 0. The topological polar surface area (TPSA) is 118 Å². The second-order valence-corrected chi connectivity index (χ2v) is 6.66. The molecule has 0 saturated heterocycles. The van der Waals surface area contributed by atoms with Crippen molar-refractivity contribution in [2.45, 2.75) is 26.2 Å². The number of nitrogens with one attached hydrogen (secondary N) is 2. The van der Waals surface area contributed by atoms with Gasteiger partial charge in [-0.3, -0.25) is 10.1 Å². The Labute approximate surface area is 168 Å². The zero-order valence-electron chi connectivity index (χ0n) is 16.3. The average molecular weight is 394 g/mol. The molecular formula is C20H23FN8. The van der Waals surface area contributed by atoms with Gasteiger partial charge in [-0.2, -0.15) is 5.10 Å². The largest absolute Gasteiger partial charge is 0.383 e. The van der Waals surface area contributed by atoms with Gasteiger partial charge < -0.3 is 11.1 Å². The fourth-order valence-electron chi connectivity index (χ4n) is 2.72. The molecule has 3 heterocycles. The molecule has 0 aliphatic carbocycles. The minimum absolute atomic E-state index is 0.150. The normalized spacial score (nSPS) is 10.6. The highest BCUT2D eigenvalue weighted by atomic mass is 19.1. The molecule has 0 radical (unpaired) electrons. The summed E-state index contributed by atoms with van der Waals surface area (Å²) in [6.45, 7) is 4.67. The summed E-state index contributed by atoms with van der Waals surface area (Å²) in [4.78, 5) is 16.9. The maximum Gasteiger partial charge on any atom is 0.164 e. The van der Waals surface area contributed by atoms with Crippen LogP contribution in [-0.2, 0) is 6.42 Å². The molecule has 4 N–H and O–H groups in total. The van der Waals surface area contributed by atoms with Gasteiger partial charge in [0, 0.05) is 36.3 Å². The number of aromatic amines is 1. The van der Waals surface area contributed by atoms with Gasteiger partial charge in [0.1, 0.15) is 23.8 Å². The van der Waals surface area contributed by atoms with Crippen LogP contribution in [-0.4, -0.2) is 36.7 Å². The van der Waals surface area contributed by atoms with Crippen molar-refractivity contribution in [2.24, 2.45) is 0 Å². The summed E-state index contributed by atoms with van der Waals surface area (Å²) in [7, 11) is 0. The van der Waals surface area contributed by atoms with Gasteiger partial charge in [-0.25, -0.2) is 19.3 Å². The molecular weight excluding hydrogens is 371 g/mol. The average Bonchev–Trinajstić information content (AvgIpc) is 2.80. The number of nitrogens with zero attached hydrogens (tertiary/aromatic N) is 5. The van der Waals surface area contributed by atoms with E-state index in [9.17, 15) is 4.39 Å². The van der Waals surface area contributed by atoms with Crippen molar-refractivity contribution in [2.75, 3.05) is 17.6 Å². The summed E-state index contributed by atoms with van der Waals surface area (Å²) in [5, 5.41) is 10.2. The number of pyridine rings is 2. The second-order valence-electron chi connectivity index (χ2n) is 6.66. The number of rotatable bonds is 6.